The van der Waals surface area contributed by atoms with Gasteiger partial charge in [0.05, 0.1) is 11.8 Å². The minimum atomic E-state index is -0.0556. The molecule has 1 spiro atoms. The highest BCUT2D eigenvalue weighted by Gasteiger charge is 2.73. The lowest BCUT2D eigenvalue weighted by atomic mass is 9.85. The third-order valence-corrected chi connectivity index (χ3v) is 5.26. The fourth-order valence-electron chi connectivity index (χ4n) is 4.45. The first kappa shape index (κ1) is 9.63. The molecule has 88 valence electrons. The Morgan fingerprint density at radius 2 is 1.76 bits per heavy atom. The summed E-state index contributed by atoms with van der Waals surface area (Å²) in [6, 6.07) is 0. The van der Waals surface area contributed by atoms with Gasteiger partial charge in [-0.25, -0.2) is 0 Å². The highest BCUT2D eigenvalue weighted by molar-refractivity contribution is 6.06. The zero-order valence-corrected chi connectivity index (χ0v) is 9.63. The number of nitrogens with zero attached hydrogens (tertiary/aromatic N) is 1. The molecule has 4 aliphatic rings. The van der Waals surface area contributed by atoms with Crippen molar-refractivity contribution in [3.05, 3.63) is 24.8 Å². The standard InChI is InChI=1S/C14H15NO2/c1-2-7-15-12(16)10-8-3-4-9(11(10)13(15)17)14(8)5-6-14/h2-4,8-11H,1,5-7H2/t8-,9+,10-,11+. The quantitative estimate of drug-likeness (QED) is 0.530. The summed E-state index contributed by atoms with van der Waals surface area (Å²) in [5.41, 5.74) is 0.306. The minimum absolute atomic E-state index is 0.0445. The third-order valence-electron chi connectivity index (χ3n) is 5.26. The van der Waals surface area contributed by atoms with Gasteiger partial charge in [-0.05, 0) is 30.1 Å². The van der Waals surface area contributed by atoms with E-state index in [1.54, 1.807) is 6.08 Å². The molecule has 3 fully saturated rings. The second-order valence-electron chi connectivity index (χ2n) is 5.80. The van der Waals surface area contributed by atoms with Gasteiger partial charge in [-0.2, -0.15) is 0 Å². The molecule has 0 radical (unpaired) electrons. The van der Waals surface area contributed by atoms with Crippen LogP contribution < -0.4 is 0 Å². The molecule has 1 heterocycles. The monoisotopic (exact) mass is 229 g/mol. The molecule has 0 aromatic rings. The zero-order valence-electron chi connectivity index (χ0n) is 9.63. The summed E-state index contributed by atoms with van der Waals surface area (Å²) in [6.07, 6.45) is 8.43. The third kappa shape index (κ3) is 0.874. The number of hydrogen-bond acceptors (Lipinski definition) is 2. The van der Waals surface area contributed by atoms with Crippen LogP contribution in [0.25, 0.3) is 0 Å². The summed E-state index contributed by atoms with van der Waals surface area (Å²) in [4.78, 5) is 26.0. The first-order chi connectivity index (χ1) is 8.20. The molecule has 2 saturated carbocycles. The zero-order chi connectivity index (χ0) is 11.8. The first-order valence-electron chi connectivity index (χ1n) is 6.35. The van der Waals surface area contributed by atoms with Crippen molar-refractivity contribution in [2.45, 2.75) is 12.8 Å². The van der Waals surface area contributed by atoms with Gasteiger partial charge >= 0.3 is 0 Å². The van der Waals surface area contributed by atoms with Crippen molar-refractivity contribution in [2.75, 3.05) is 6.54 Å². The Balaban J connectivity index is 1.76. The predicted octanol–water partition coefficient (Wildman–Crippen LogP) is 1.37. The van der Waals surface area contributed by atoms with Gasteiger partial charge in [-0.1, -0.05) is 18.2 Å². The highest BCUT2D eigenvalue weighted by Crippen LogP contribution is 2.73. The maximum Gasteiger partial charge on any atom is 0.234 e. The number of amides is 2. The largest absolute Gasteiger partial charge is 0.278 e. The summed E-state index contributed by atoms with van der Waals surface area (Å²) in [6.45, 7) is 3.99. The maximum absolute atomic E-state index is 12.3. The Kier molecular flexibility index (Phi) is 1.54. The molecule has 2 bridgehead atoms. The molecular weight excluding hydrogens is 214 g/mol. The summed E-state index contributed by atoms with van der Waals surface area (Å²) in [5.74, 6) is 0.651. The van der Waals surface area contributed by atoms with E-state index in [2.05, 4.69) is 18.7 Å². The Bertz CT molecular complexity index is 441. The second-order valence-corrected chi connectivity index (χ2v) is 5.80. The van der Waals surface area contributed by atoms with Crippen LogP contribution in [-0.4, -0.2) is 23.3 Å². The maximum atomic E-state index is 12.3. The lowest BCUT2D eigenvalue weighted by Crippen LogP contribution is -2.34. The molecular formula is C14H15NO2. The lowest BCUT2D eigenvalue weighted by Gasteiger charge is -2.20. The van der Waals surface area contributed by atoms with Crippen LogP contribution >= 0.6 is 0 Å². The fraction of sp³-hybridized carbons (Fsp3) is 0.571. The van der Waals surface area contributed by atoms with Crippen LogP contribution in [0.2, 0.25) is 0 Å². The Morgan fingerprint density at radius 3 is 2.18 bits per heavy atom. The van der Waals surface area contributed by atoms with Crippen LogP contribution in [0.4, 0.5) is 0 Å². The number of likely N-dealkylation sites (tertiary alicyclic amines) is 1. The number of fused-ring (bicyclic) bond motifs is 3. The molecule has 1 aliphatic heterocycles. The van der Waals surface area contributed by atoms with Gasteiger partial charge in [0.25, 0.3) is 0 Å². The van der Waals surface area contributed by atoms with E-state index in [1.165, 1.54) is 17.7 Å². The van der Waals surface area contributed by atoms with E-state index in [-0.39, 0.29) is 23.7 Å². The number of hydrogen-bond donors (Lipinski definition) is 0. The molecule has 0 unspecified atom stereocenters. The van der Waals surface area contributed by atoms with Gasteiger partial charge in [0, 0.05) is 6.54 Å². The van der Waals surface area contributed by atoms with Gasteiger partial charge in [0.15, 0.2) is 0 Å². The van der Waals surface area contributed by atoms with Crippen molar-refractivity contribution in [3.63, 3.8) is 0 Å². The molecule has 0 aromatic carbocycles. The molecule has 17 heavy (non-hydrogen) atoms. The number of carbonyl (C=O) groups is 2. The summed E-state index contributed by atoms with van der Waals surface area (Å²) >= 11 is 0. The summed E-state index contributed by atoms with van der Waals surface area (Å²) in [5, 5.41) is 0. The Hall–Kier alpha value is -1.38. The molecule has 2 amide bonds. The van der Waals surface area contributed by atoms with Gasteiger partial charge < -0.3 is 0 Å². The average Bonchev–Trinajstić information content (AvgIpc) is 2.93. The van der Waals surface area contributed by atoms with E-state index < -0.39 is 0 Å². The predicted molar refractivity (Wildman–Crippen MR) is 61.7 cm³/mol. The normalized spacial score (nSPS) is 43.6. The fourth-order valence-corrected chi connectivity index (χ4v) is 4.45. The van der Waals surface area contributed by atoms with E-state index in [4.69, 9.17) is 0 Å². The van der Waals surface area contributed by atoms with E-state index in [9.17, 15) is 9.59 Å². The Morgan fingerprint density at radius 1 is 1.24 bits per heavy atom. The molecule has 0 aromatic heterocycles. The lowest BCUT2D eigenvalue weighted by molar-refractivity contribution is -0.140. The van der Waals surface area contributed by atoms with E-state index in [1.807, 2.05) is 0 Å². The van der Waals surface area contributed by atoms with Gasteiger partial charge in [-0.15, -0.1) is 6.58 Å². The van der Waals surface area contributed by atoms with Gasteiger partial charge in [-0.3, -0.25) is 14.5 Å². The van der Waals surface area contributed by atoms with E-state index >= 15 is 0 Å². The van der Waals surface area contributed by atoms with Crippen LogP contribution in [0.3, 0.4) is 0 Å². The topological polar surface area (TPSA) is 37.4 Å². The molecule has 4 atom stereocenters. The van der Waals surface area contributed by atoms with Crippen LogP contribution in [0.5, 0.6) is 0 Å². The smallest absolute Gasteiger partial charge is 0.234 e. The molecule has 0 N–H and O–H groups in total. The van der Waals surface area contributed by atoms with Crippen molar-refractivity contribution >= 4 is 11.8 Å². The molecule has 3 heteroatoms. The molecule has 4 rings (SSSR count). The minimum Gasteiger partial charge on any atom is -0.278 e. The van der Waals surface area contributed by atoms with Crippen LogP contribution in [0, 0.1) is 29.1 Å². The number of rotatable bonds is 2. The van der Waals surface area contributed by atoms with Crippen molar-refractivity contribution in [1.29, 1.82) is 0 Å². The molecule has 3 aliphatic carbocycles. The van der Waals surface area contributed by atoms with Crippen molar-refractivity contribution in [3.8, 4) is 0 Å². The number of imide groups is 1. The van der Waals surface area contributed by atoms with Gasteiger partial charge in [0.1, 0.15) is 0 Å². The van der Waals surface area contributed by atoms with Crippen LogP contribution in [0.1, 0.15) is 12.8 Å². The SMILES string of the molecule is C=CCN1C(=O)[C@@H]2[C@H](C1=O)[C@H]1C=C[C@@H]2C12CC2. The second kappa shape index (κ2) is 2.71. The van der Waals surface area contributed by atoms with Crippen molar-refractivity contribution < 1.29 is 9.59 Å². The van der Waals surface area contributed by atoms with E-state index in [0.717, 1.165) is 0 Å². The van der Waals surface area contributed by atoms with Gasteiger partial charge in [0.2, 0.25) is 11.8 Å². The summed E-state index contributed by atoms with van der Waals surface area (Å²) in [7, 11) is 0. The average molecular weight is 229 g/mol. The first-order valence-corrected chi connectivity index (χ1v) is 6.35. The van der Waals surface area contributed by atoms with Crippen LogP contribution in [-0.2, 0) is 9.59 Å². The highest BCUT2D eigenvalue weighted by atomic mass is 16.2. The summed E-state index contributed by atoms with van der Waals surface area (Å²) < 4.78 is 0. The Labute approximate surface area is 100 Å². The molecule has 1 saturated heterocycles. The van der Waals surface area contributed by atoms with Crippen molar-refractivity contribution in [2.24, 2.45) is 29.1 Å². The number of carbonyl (C=O) groups excluding carboxylic acids is 2. The van der Waals surface area contributed by atoms with E-state index in [0.29, 0.717) is 23.8 Å². The van der Waals surface area contributed by atoms with Crippen LogP contribution in [0.15, 0.2) is 24.8 Å². The number of allylic oxidation sites excluding steroid dienone is 2. The molecule has 3 nitrogen and oxygen atoms in total. The van der Waals surface area contributed by atoms with Crippen molar-refractivity contribution in [1.82, 2.24) is 4.90 Å².